The third-order valence-corrected chi connectivity index (χ3v) is 4.75. The van der Waals surface area contributed by atoms with E-state index in [1.54, 1.807) is 48.5 Å². The minimum atomic E-state index is -0.808. The second-order valence-corrected chi connectivity index (χ2v) is 7.01. The van der Waals surface area contributed by atoms with Crippen LogP contribution in [0.5, 0.6) is 11.5 Å². The summed E-state index contributed by atoms with van der Waals surface area (Å²) in [6.07, 6.45) is -0.513. The minimum absolute atomic E-state index is 0.227. The molecule has 7 heteroatoms. The number of anilines is 1. The summed E-state index contributed by atoms with van der Waals surface area (Å²) in [5.74, 6) is 0.137. The Morgan fingerprint density at radius 2 is 1.68 bits per heavy atom. The molecule has 1 N–H and O–H groups in total. The Labute approximate surface area is 184 Å². The molecule has 0 aliphatic heterocycles. The molecular formula is C24H21ClFNO4. The van der Waals surface area contributed by atoms with Gasteiger partial charge in [0.2, 0.25) is 5.78 Å². The van der Waals surface area contributed by atoms with Gasteiger partial charge in [0.05, 0.1) is 12.7 Å². The van der Waals surface area contributed by atoms with Crippen LogP contribution in [0.4, 0.5) is 10.1 Å². The molecule has 1 unspecified atom stereocenters. The summed E-state index contributed by atoms with van der Waals surface area (Å²) in [5.41, 5.74) is 1.32. The lowest BCUT2D eigenvalue weighted by molar-refractivity contribution is 0.0787. The van der Waals surface area contributed by atoms with Crippen LogP contribution in [0.3, 0.4) is 0 Å². The third-order valence-electron chi connectivity index (χ3n) is 4.53. The number of Topliss-reactive ketones (excluding diaryl/α,β-unsaturated/α-hetero) is 1. The molecule has 0 aromatic heterocycles. The number of hydrogen-bond donors (Lipinski definition) is 1. The largest absolute Gasteiger partial charge is 0.496 e. The number of ether oxygens (including phenoxy) is 2. The van der Waals surface area contributed by atoms with Crippen molar-refractivity contribution in [3.63, 3.8) is 0 Å². The molecule has 1 atom stereocenters. The molecular weight excluding hydrogens is 421 g/mol. The Kier molecular flexibility index (Phi) is 7.62. The summed E-state index contributed by atoms with van der Waals surface area (Å²) in [6, 6.07) is 18.8. The molecule has 0 spiro atoms. The van der Waals surface area contributed by atoms with Gasteiger partial charge < -0.3 is 14.8 Å². The van der Waals surface area contributed by atoms with E-state index in [2.05, 4.69) is 5.32 Å². The Bertz CT molecular complexity index is 1040. The van der Waals surface area contributed by atoms with E-state index < -0.39 is 11.9 Å². The predicted octanol–water partition coefficient (Wildman–Crippen LogP) is 5.35. The summed E-state index contributed by atoms with van der Waals surface area (Å²) < 4.78 is 24.2. The second-order valence-electron chi connectivity index (χ2n) is 6.63. The normalized spacial score (nSPS) is 11.5. The van der Waals surface area contributed by atoms with Crippen molar-refractivity contribution >= 4 is 29.0 Å². The molecule has 1 amide bonds. The maximum Gasteiger partial charge on any atom is 0.259 e. The smallest absolute Gasteiger partial charge is 0.259 e. The number of benzene rings is 3. The fraction of sp³-hybridized carbons (Fsp3) is 0.167. The van der Waals surface area contributed by atoms with E-state index in [-0.39, 0.29) is 17.6 Å². The van der Waals surface area contributed by atoms with Gasteiger partial charge in [-0.15, -0.1) is 11.6 Å². The molecule has 0 aliphatic carbocycles. The molecule has 3 aromatic carbocycles. The number of carbonyl (C=O) groups is 2. The van der Waals surface area contributed by atoms with Crippen LogP contribution in [-0.2, 0) is 0 Å². The molecule has 5 nitrogen and oxygen atoms in total. The van der Waals surface area contributed by atoms with Crippen molar-refractivity contribution < 1.29 is 23.5 Å². The van der Waals surface area contributed by atoms with Crippen LogP contribution in [0, 0.1) is 5.82 Å². The fourth-order valence-corrected chi connectivity index (χ4v) is 3.15. The van der Waals surface area contributed by atoms with Crippen molar-refractivity contribution in [3.8, 4) is 11.5 Å². The highest BCUT2D eigenvalue weighted by atomic mass is 35.5. The first-order chi connectivity index (χ1) is 15.0. The lowest BCUT2D eigenvalue weighted by atomic mass is 10.0. The lowest BCUT2D eigenvalue weighted by Crippen LogP contribution is -2.28. The maximum absolute atomic E-state index is 13.1. The number of halogens is 2. The van der Waals surface area contributed by atoms with Crippen LogP contribution in [0.1, 0.15) is 27.1 Å². The number of nitrogens with one attached hydrogen (secondary N) is 1. The highest BCUT2D eigenvalue weighted by Gasteiger charge is 2.22. The van der Waals surface area contributed by atoms with E-state index in [0.29, 0.717) is 34.7 Å². The number of alkyl halides is 1. The molecule has 0 heterocycles. The Morgan fingerprint density at radius 1 is 1.00 bits per heavy atom. The van der Waals surface area contributed by atoms with Crippen LogP contribution in [0.2, 0.25) is 0 Å². The van der Waals surface area contributed by atoms with Crippen LogP contribution < -0.4 is 14.8 Å². The second kappa shape index (κ2) is 10.6. The Morgan fingerprint density at radius 3 is 2.32 bits per heavy atom. The van der Waals surface area contributed by atoms with E-state index in [1.807, 2.05) is 0 Å². The van der Waals surface area contributed by atoms with Gasteiger partial charge in [-0.1, -0.05) is 12.1 Å². The van der Waals surface area contributed by atoms with E-state index >= 15 is 0 Å². The number of methoxy groups -OCH3 is 1. The van der Waals surface area contributed by atoms with Gasteiger partial charge >= 0.3 is 0 Å². The first kappa shape index (κ1) is 22.3. The van der Waals surface area contributed by atoms with Gasteiger partial charge in [-0.3, -0.25) is 9.59 Å². The lowest BCUT2D eigenvalue weighted by Gasteiger charge is -2.18. The van der Waals surface area contributed by atoms with Crippen LogP contribution in [-0.4, -0.2) is 30.8 Å². The van der Waals surface area contributed by atoms with Gasteiger partial charge in [0.1, 0.15) is 17.3 Å². The van der Waals surface area contributed by atoms with E-state index in [1.165, 1.54) is 31.4 Å². The van der Waals surface area contributed by atoms with Gasteiger partial charge in [-0.05, 0) is 60.7 Å². The first-order valence-corrected chi connectivity index (χ1v) is 10.1. The van der Waals surface area contributed by atoms with Crippen LogP contribution in [0.25, 0.3) is 0 Å². The third kappa shape index (κ3) is 5.83. The number of rotatable bonds is 9. The van der Waals surface area contributed by atoms with E-state index in [4.69, 9.17) is 21.1 Å². The number of para-hydroxylation sites is 1. The Balaban J connectivity index is 1.68. The zero-order valence-electron chi connectivity index (χ0n) is 16.8. The zero-order chi connectivity index (χ0) is 22.2. The number of ketones is 1. The molecule has 3 rings (SSSR count). The average Bonchev–Trinajstić information content (AvgIpc) is 2.80. The standard InChI is InChI=1S/C24H21ClFNO4/c1-30-21-5-3-2-4-20(21)24(29)27-18-10-12-19(13-11-18)31-22(14-15-25)23(28)16-6-8-17(26)9-7-16/h2-13,22H,14-15H2,1H3,(H,27,29). The van der Waals surface area contributed by atoms with Gasteiger partial charge in [0, 0.05) is 23.6 Å². The molecule has 0 bridgehead atoms. The highest BCUT2D eigenvalue weighted by Crippen LogP contribution is 2.22. The SMILES string of the molecule is COc1ccccc1C(=O)Nc1ccc(OC(CCCl)C(=O)c2ccc(F)cc2)cc1. The van der Waals surface area contributed by atoms with Crippen molar-refractivity contribution in [2.45, 2.75) is 12.5 Å². The van der Waals surface area contributed by atoms with E-state index in [0.717, 1.165) is 0 Å². The minimum Gasteiger partial charge on any atom is -0.496 e. The number of hydrogen-bond acceptors (Lipinski definition) is 4. The monoisotopic (exact) mass is 441 g/mol. The fourth-order valence-electron chi connectivity index (χ4n) is 2.95. The molecule has 31 heavy (non-hydrogen) atoms. The number of carbonyl (C=O) groups excluding carboxylic acids is 2. The van der Waals surface area contributed by atoms with Gasteiger partial charge in [-0.25, -0.2) is 4.39 Å². The number of amides is 1. The van der Waals surface area contributed by atoms with Crippen LogP contribution in [0.15, 0.2) is 72.8 Å². The summed E-state index contributed by atoms with van der Waals surface area (Å²) in [7, 11) is 1.50. The topological polar surface area (TPSA) is 64.6 Å². The molecule has 3 aromatic rings. The van der Waals surface area contributed by atoms with Gasteiger partial charge in [0.15, 0.2) is 6.10 Å². The van der Waals surface area contributed by atoms with E-state index in [9.17, 15) is 14.0 Å². The van der Waals surface area contributed by atoms with Crippen molar-refractivity contribution in [2.75, 3.05) is 18.3 Å². The van der Waals surface area contributed by atoms with Crippen molar-refractivity contribution in [3.05, 3.63) is 89.7 Å². The highest BCUT2D eigenvalue weighted by molar-refractivity contribution is 6.18. The quantitative estimate of drug-likeness (QED) is 0.359. The van der Waals surface area contributed by atoms with Crippen LogP contribution >= 0.6 is 11.6 Å². The Hall–Kier alpha value is -3.38. The summed E-state index contributed by atoms with van der Waals surface area (Å²) in [6.45, 7) is 0. The molecule has 160 valence electrons. The maximum atomic E-state index is 13.1. The average molecular weight is 442 g/mol. The molecule has 0 aliphatic rings. The zero-order valence-corrected chi connectivity index (χ0v) is 17.6. The molecule has 0 fully saturated rings. The molecule has 0 saturated carbocycles. The molecule has 0 radical (unpaired) electrons. The first-order valence-electron chi connectivity index (χ1n) is 9.58. The van der Waals surface area contributed by atoms with Crippen molar-refractivity contribution in [1.82, 2.24) is 0 Å². The van der Waals surface area contributed by atoms with Gasteiger partial charge in [0.25, 0.3) is 5.91 Å². The predicted molar refractivity (Wildman–Crippen MR) is 118 cm³/mol. The summed E-state index contributed by atoms with van der Waals surface area (Å²) in [5, 5.41) is 2.79. The molecule has 0 saturated heterocycles. The van der Waals surface area contributed by atoms with Gasteiger partial charge in [-0.2, -0.15) is 0 Å². The summed E-state index contributed by atoms with van der Waals surface area (Å²) in [4.78, 5) is 25.2. The van der Waals surface area contributed by atoms with Crippen molar-refractivity contribution in [1.29, 1.82) is 0 Å². The summed E-state index contributed by atoms with van der Waals surface area (Å²) >= 11 is 5.83. The van der Waals surface area contributed by atoms with Crippen molar-refractivity contribution in [2.24, 2.45) is 0 Å².